The van der Waals surface area contributed by atoms with Crippen molar-refractivity contribution in [1.29, 1.82) is 5.26 Å². The lowest BCUT2D eigenvalue weighted by Gasteiger charge is -2.17. The van der Waals surface area contributed by atoms with Crippen molar-refractivity contribution >= 4 is 16.7 Å². The number of fused-ring (bicyclic) bond motifs is 1. The van der Waals surface area contributed by atoms with Gasteiger partial charge in [-0.15, -0.1) is 0 Å². The second-order valence-corrected chi connectivity index (χ2v) is 6.53. The molecule has 0 aliphatic carbocycles. The van der Waals surface area contributed by atoms with E-state index in [2.05, 4.69) is 4.98 Å². The van der Waals surface area contributed by atoms with Crippen LogP contribution in [0.1, 0.15) is 12.5 Å². The van der Waals surface area contributed by atoms with Crippen LogP contribution in [0.3, 0.4) is 0 Å². The maximum Gasteiger partial charge on any atom is 0.255 e. The molecule has 0 aliphatic heterocycles. The summed E-state index contributed by atoms with van der Waals surface area (Å²) < 4.78 is 5.32. The number of carbonyl (C=O) groups excluding carboxylic acids is 1. The molecule has 6 nitrogen and oxygen atoms in total. The highest BCUT2D eigenvalue weighted by Crippen LogP contribution is 2.31. The van der Waals surface area contributed by atoms with Gasteiger partial charge < -0.3 is 14.6 Å². The largest absolute Gasteiger partial charge is 0.479 e. The molecule has 1 amide bonds. The fraction of sp³-hybridized carbons (Fsp3) is 0.227. The fourth-order valence-electron chi connectivity index (χ4n) is 3.11. The zero-order valence-corrected chi connectivity index (χ0v) is 15.9. The zero-order chi connectivity index (χ0) is 20.1. The number of aromatic nitrogens is 1. The van der Waals surface area contributed by atoms with E-state index in [4.69, 9.17) is 10.00 Å². The standard InChI is InChI=1S/C22H21N3O3/c1-15(26)25(2)11-9-16-5-3-4-6-18(16)21-14-24-22(27)20-13-17(28-12-10-23)7-8-19(20)21/h3-8,13-14H,9,11-12H2,1-2H3,(H,24,27). The Morgan fingerprint density at radius 3 is 2.71 bits per heavy atom. The summed E-state index contributed by atoms with van der Waals surface area (Å²) in [6.07, 6.45) is 2.42. The van der Waals surface area contributed by atoms with Gasteiger partial charge in [0.2, 0.25) is 5.91 Å². The number of rotatable bonds is 6. The maximum atomic E-state index is 12.3. The molecule has 28 heavy (non-hydrogen) atoms. The summed E-state index contributed by atoms with van der Waals surface area (Å²) in [5.41, 5.74) is 2.79. The molecule has 0 saturated carbocycles. The van der Waals surface area contributed by atoms with E-state index < -0.39 is 0 Å². The number of nitriles is 1. The highest BCUT2D eigenvalue weighted by Gasteiger charge is 2.12. The van der Waals surface area contributed by atoms with Gasteiger partial charge in [-0.2, -0.15) is 5.26 Å². The van der Waals surface area contributed by atoms with Crippen LogP contribution in [0.15, 0.2) is 53.5 Å². The fourth-order valence-corrected chi connectivity index (χ4v) is 3.11. The van der Waals surface area contributed by atoms with E-state index >= 15 is 0 Å². The molecular weight excluding hydrogens is 354 g/mol. The summed E-state index contributed by atoms with van der Waals surface area (Å²) in [5, 5.41) is 9.98. The van der Waals surface area contributed by atoms with Crippen LogP contribution in [0, 0.1) is 11.3 Å². The molecule has 0 bridgehead atoms. The molecule has 3 aromatic rings. The van der Waals surface area contributed by atoms with E-state index in [-0.39, 0.29) is 18.1 Å². The average molecular weight is 375 g/mol. The number of hydrogen-bond donors (Lipinski definition) is 1. The second-order valence-electron chi connectivity index (χ2n) is 6.53. The summed E-state index contributed by atoms with van der Waals surface area (Å²) in [6, 6.07) is 15.1. The van der Waals surface area contributed by atoms with E-state index in [1.807, 2.05) is 36.4 Å². The van der Waals surface area contributed by atoms with Gasteiger partial charge in [0.25, 0.3) is 5.56 Å². The molecule has 0 atom stereocenters. The Morgan fingerprint density at radius 2 is 1.96 bits per heavy atom. The minimum absolute atomic E-state index is 0.0249. The number of likely N-dealkylation sites (N-methyl/N-ethyl adjacent to an activating group) is 1. The number of pyridine rings is 1. The molecule has 0 saturated heterocycles. The number of hydrogen-bond acceptors (Lipinski definition) is 4. The lowest BCUT2D eigenvalue weighted by atomic mass is 9.95. The number of ether oxygens (including phenoxy) is 1. The number of nitrogens with zero attached hydrogens (tertiary/aromatic N) is 2. The van der Waals surface area contributed by atoms with Crippen molar-refractivity contribution in [1.82, 2.24) is 9.88 Å². The van der Waals surface area contributed by atoms with E-state index in [0.717, 1.165) is 22.1 Å². The maximum absolute atomic E-state index is 12.3. The molecule has 0 fully saturated rings. The van der Waals surface area contributed by atoms with Crippen LogP contribution in [0.2, 0.25) is 0 Å². The van der Waals surface area contributed by atoms with Gasteiger partial charge in [0, 0.05) is 32.3 Å². The Balaban J connectivity index is 2.05. The topological polar surface area (TPSA) is 86.2 Å². The molecule has 1 aromatic heterocycles. The highest BCUT2D eigenvalue weighted by molar-refractivity contribution is 5.97. The quantitative estimate of drug-likeness (QED) is 0.717. The van der Waals surface area contributed by atoms with E-state index in [0.29, 0.717) is 24.1 Å². The Labute approximate surface area is 163 Å². The Kier molecular flexibility index (Phi) is 5.75. The molecule has 0 spiro atoms. The number of aromatic amines is 1. The van der Waals surface area contributed by atoms with Gasteiger partial charge in [-0.1, -0.05) is 24.3 Å². The van der Waals surface area contributed by atoms with Crippen molar-refractivity contribution in [3.05, 3.63) is 64.6 Å². The summed E-state index contributed by atoms with van der Waals surface area (Å²) in [7, 11) is 1.78. The number of nitrogens with one attached hydrogen (secondary N) is 1. The molecule has 0 unspecified atom stereocenters. The smallest absolute Gasteiger partial charge is 0.255 e. The molecule has 142 valence electrons. The normalized spacial score (nSPS) is 10.5. The van der Waals surface area contributed by atoms with Gasteiger partial charge in [0.15, 0.2) is 6.61 Å². The first-order valence-electron chi connectivity index (χ1n) is 8.96. The monoisotopic (exact) mass is 375 g/mol. The van der Waals surface area contributed by atoms with Crippen molar-refractivity contribution in [3.63, 3.8) is 0 Å². The summed E-state index contributed by atoms with van der Waals surface area (Å²) in [4.78, 5) is 28.3. The third-order valence-electron chi connectivity index (χ3n) is 4.74. The van der Waals surface area contributed by atoms with Crippen LogP contribution in [0.25, 0.3) is 21.9 Å². The molecule has 1 N–H and O–H groups in total. The predicted molar refractivity (Wildman–Crippen MR) is 108 cm³/mol. The SMILES string of the molecule is CC(=O)N(C)CCc1ccccc1-c1c[nH]c(=O)c2cc(OCC#N)ccc12. The Bertz CT molecular complexity index is 1110. The van der Waals surface area contributed by atoms with Crippen LogP contribution in [0.4, 0.5) is 0 Å². The summed E-state index contributed by atoms with van der Waals surface area (Å²) in [5.74, 6) is 0.505. The second kappa shape index (κ2) is 8.40. The minimum atomic E-state index is -0.213. The van der Waals surface area contributed by atoms with Crippen LogP contribution in [-0.4, -0.2) is 36.0 Å². The molecule has 0 radical (unpaired) electrons. The summed E-state index contributed by atoms with van der Waals surface area (Å²) >= 11 is 0. The molecular formula is C22H21N3O3. The summed E-state index contributed by atoms with van der Waals surface area (Å²) in [6.45, 7) is 2.09. The number of H-pyrrole nitrogens is 1. The molecule has 3 rings (SSSR count). The third kappa shape index (κ3) is 4.04. The molecule has 6 heteroatoms. The van der Waals surface area contributed by atoms with Gasteiger partial charge in [0.1, 0.15) is 11.8 Å². The number of carbonyl (C=O) groups is 1. The molecule has 0 aliphatic rings. The van der Waals surface area contributed by atoms with Crippen molar-refractivity contribution < 1.29 is 9.53 Å². The van der Waals surface area contributed by atoms with Gasteiger partial charge in [-0.05, 0) is 41.1 Å². The minimum Gasteiger partial charge on any atom is -0.479 e. The van der Waals surface area contributed by atoms with Crippen molar-refractivity contribution in [3.8, 4) is 22.9 Å². The van der Waals surface area contributed by atoms with Crippen LogP contribution < -0.4 is 10.3 Å². The van der Waals surface area contributed by atoms with E-state index in [9.17, 15) is 9.59 Å². The first-order valence-corrected chi connectivity index (χ1v) is 8.96. The first kappa shape index (κ1) is 19.2. The molecule has 1 heterocycles. The van der Waals surface area contributed by atoms with Gasteiger partial charge in [0.05, 0.1) is 5.39 Å². The highest BCUT2D eigenvalue weighted by atomic mass is 16.5. The van der Waals surface area contributed by atoms with Crippen molar-refractivity contribution in [2.24, 2.45) is 0 Å². The van der Waals surface area contributed by atoms with E-state index in [1.165, 1.54) is 0 Å². The van der Waals surface area contributed by atoms with Crippen molar-refractivity contribution in [2.45, 2.75) is 13.3 Å². The average Bonchev–Trinajstić information content (AvgIpc) is 2.71. The van der Waals surface area contributed by atoms with Crippen LogP contribution >= 0.6 is 0 Å². The van der Waals surface area contributed by atoms with Crippen LogP contribution in [0.5, 0.6) is 5.75 Å². The van der Waals surface area contributed by atoms with Gasteiger partial charge >= 0.3 is 0 Å². The Hall–Kier alpha value is -3.59. The molecule has 2 aromatic carbocycles. The van der Waals surface area contributed by atoms with Crippen LogP contribution in [-0.2, 0) is 11.2 Å². The third-order valence-corrected chi connectivity index (χ3v) is 4.74. The predicted octanol–water partition coefficient (Wildman–Crippen LogP) is 3.12. The van der Waals surface area contributed by atoms with Gasteiger partial charge in [-0.25, -0.2) is 0 Å². The van der Waals surface area contributed by atoms with Crippen molar-refractivity contribution in [2.75, 3.05) is 20.2 Å². The lowest BCUT2D eigenvalue weighted by molar-refractivity contribution is -0.127. The Morgan fingerprint density at radius 1 is 1.18 bits per heavy atom. The lowest BCUT2D eigenvalue weighted by Crippen LogP contribution is -2.26. The number of amides is 1. The van der Waals surface area contributed by atoms with Gasteiger partial charge in [-0.3, -0.25) is 9.59 Å². The zero-order valence-electron chi connectivity index (χ0n) is 15.9. The first-order chi connectivity index (χ1) is 13.5. The number of benzene rings is 2. The van der Waals surface area contributed by atoms with E-state index in [1.54, 1.807) is 37.2 Å².